The van der Waals surface area contributed by atoms with Crippen molar-refractivity contribution in [3.05, 3.63) is 23.8 Å². The summed E-state index contributed by atoms with van der Waals surface area (Å²) in [5.41, 5.74) is 1.65. The molecule has 1 aliphatic heterocycles. The summed E-state index contributed by atoms with van der Waals surface area (Å²) in [6, 6.07) is 0. The van der Waals surface area contributed by atoms with Crippen LogP contribution in [0, 0.1) is 0 Å². The molecule has 6 heteroatoms. The number of carbonyl (C=O) groups excluding carboxylic acids is 1. The van der Waals surface area contributed by atoms with E-state index < -0.39 is 0 Å². The Morgan fingerprint density at radius 3 is 3.22 bits per heavy atom. The van der Waals surface area contributed by atoms with E-state index in [1.54, 1.807) is 19.4 Å². The number of ether oxygens (including phenoxy) is 1. The molecule has 1 amide bonds. The molecule has 0 saturated carbocycles. The number of rotatable bonds is 4. The minimum absolute atomic E-state index is 0.0118. The minimum atomic E-state index is -0.0359. The molecule has 0 aromatic carbocycles. The van der Waals surface area contributed by atoms with Gasteiger partial charge in [0.15, 0.2) is 0 Å². The predicted octanol–water partition coefficient (Wildman–Crippen LogP) is -0.184. The molecule has 0 bridgehead atoms. The van der Waals surface area contributed by atoms with Crippen LogP contribution in [0.1, 0.15) is 23.9 Å². The number of amides is 1. The average Bonchev–Trinajstić information content (AvgIpc) is 2.46. The molecular weight excluding hydrogens is 232 g/mol. The molecule has 1 aromatic rings. The number of hydrogen-bond acceptors (Lipinski definition) is 5. The van der Waals surface area contributed by atoms with Crippen LogP contribution in [0.5, 0.6) is 0 Å². The predicted molar refractivity (Wildman–Crippen MR) is 66.0 cm³/mol. The SMILES string of the molecule is CNC(=O)CCc1cncc([C@H]2CNCCO2)n1. The zero-order valence-electron chi connectivity index (χ0n) is 10.5. The van der Waals surface area contributed by atoms with Crippen molar-refractivity contribution in [2.24, 2.45) is 0 Å². The van der Waals surface area contributed by atoms with Crippen LogP contribution in [-0.4, -0.2) is 42.6 Å². The van der Waals surface area contributed by atoms with Crippen molar-refractivity contribution in [1.29, 1.82) is 0 Å². The highest BCUT2D eigenvalue weighted by atomic mass is 16.5. The van der Waals surface area contributed by atoms with E-state index in [4.69, 9.17) is 4.74 Å². The number of hydrogen-bond donors (Lipinski definition) is 2. The van der Waals surface area contributed by atoms with E-state index >= 15 is 0 Å². The van der Waals surface area contributed by atoms with Gasteiger partial charge in [-0.25, -0.2) is 0 Å². The standard InChI is InChI=1S/C12H18N4O2/c1-13-12(17)3-2-9-6-15-7-10(16-9)11-8-14-4-5-18-11/h6-7,11,14H,2-5,8H2,1H3,(H,13,17)/t11-/m1/s1. The van der Waals surface area contributed by atoms with Gasteiger partial charge in [0.25, 0.3) is 0 Å². The Bertz CT molecular complexity index is 405. The smallest absolute Gasteiger partial charge is 0.220 e. The average molecular weight is 250 g/mol. The molecule has 1 saturated heterocycles. The van der Waals surface area contributed by atoms with Crippen molar-refractivity contribution in [3.8, 4) is 0 Å². The summed E-state index contributed by atoms with van der Waals surface area (Å²) in [5.74, 6) is 0.0118. The van der Waals surface area contributed by atoms with Gasteiger partial charge in [-0.15, -0.1) is 0 Å². The molecule has 1 atom stereocenters. The third-order valence-corrected chi connectivity index (χ3v) is 2.85. The lowest BCUT2D eigenvalue weighted by Gasteiger charge is -2.23. The number of aryl methyl sites for hydroxylation is 1. The maximum absolute atomic E-state index is 11.2. The van der Waals surface area contributed by atoms with Crippen LogP contribution < -0.4 is 10.6 Å². The summed E-state index contributed by atoms with van der Waals surface area (Å²) < 4.78 is 5.62. The number of nitrogens with zero attached hydrogens (tertiary/aromatic N) is 2. The van der Waals surface area contributed by atoms with Crippen LogP contribution in [0.4, 0.5) is 0 Å². The Hall–Kier alpha value is -1.53. The maximum Gasteiger partial charge on any atom is 0.220 e. The van der Waals surface area contributed by atoms with Crippen LogP contribution in [0.3, 0.4) is 0 Å². The first kappa shape index (κ1) is 12.9. The molecule has 6 nitrogen and oxygen atoms in total. The van der Waals surface area contributed by atoms with Gasteiger partial charge in [0.1, 0.15) is 6.10 Å². The Kier molecular flexibility index (Phi) is 4.60. The molecule has 2 heterocycles. The van der Waals surface area contributed by atoms with Crippen molar-refractivity contribution < 1.29 is 9.53 Å². The van der Waals surface area contributed by atoms with Crippen LogP contribution in [0.2, 0.25) is 0 Å². The molecule has 98 valence electrons. The lowest BCUT2D eigenvalue weighted by atomic mass is 10.2. The van der Waals surface area contributed by atoms with Crippen LogP contribution in [-0.2, 0) is 16.0 Å². The highest BCUT2D eigenvalue weighted by Crippen LogP contribution is 2.16. The highest BCUT2D eigenvalue weighted by molar-refractivity contribution is 5.75. The fourth-order valence-corrected chi connectivity index (χ4v) is 1.82. The number of carbonyl (C=O) groups is 1. The van der Waals surface area contributed by atoms with Gasteiger partial charge in [-0.1, -0.05) is 0 Å². The Morgan fingerprint density at radius 1 is 1.61 bits per heavy atom. The largest absolute Gasteiger partial charge is 0.369 e. The van der Waals surface area contributed by atoms with E-state index in [1.807, 2.05) is 0 Å². The molecule has 18 heavy (non-hydrogen) atoms. The van der Waals surface area contributed by atoms with Crippen LogP contribution in [0.15, 0.2) is 12.4 Å². The second-order valence-electron chi connectivity index (χ2n) is 4.17. The van der Waals surface area contributed by atoms with Gasteiger partial charge in [0.05, 0.1) is 24.2 Å². The summed E-state index contributed by atoms with van der Waals surface area (Å²) in [6.45, 7) is 2.32. The fraction of sp³-hybridized carbons (Fsp3) is 0.583. The number of nitrogens with one attached hydrogen (secondary N) is 2. The molecule has 2 rings (SSSR count). The maximum atomic E-state index is 11.2. The zero-order valence-corrected chi connectivity index (χ0v) is 10.5. The van der Waals surface area contributed by atoms with Gasteiger partial charge < -0.3 is 15.4 Å². The molecular formula is C12H18N4O2. The van der Waals surface area contributed by atoms with E-state index in [0.717, 1.165) is 24.5 Å². The molecule has 2 N–H and O–H groups in total. The highest BCUT2D eigenvalue weighted by Gasteiger charge is 2.17. The van der Waals surface area contributed by atoms with E-state index in [-0.39, 0.29) is 12.0 Å². The summed E-state index contributed by atoms with van der Waals surface area (Å²) >= 11 is 0. The second-order valence-corrected chi connectivity index (χ2v) is 4.17. The van der Waals surface area contributed by atoms with Gasteiger partial charge in [-0.2, -0.15) is 0 Å². The van der Waals surface area contributed by atoms with Crippen molar-refractivity contribution >= 4 is 5.91 Å². The Morgan fingerprint density at radius 2 is 2.50 bits per heavy atom. The van der Waals surface area contributed by atoms with Gasteiger partial charge in [0, 0.05) is 32.8 Å². The van der Waals surface area contributed by atoms with Gasteiger partial charge >= 0.3 is 0 Å². The lowest BCUT2D eigenvalue weighted by Crippen LogP contribution is -2.33. The Balaban J connectivity index is 1.98. The van der Waals surface area contributed by atoms with Crippen LogP contribution in [0.25, 0.3) is 0 Å². The topological polar surface area (TPSA) is 76.1 Å². The van der Waals surface area contributed by atoms with Crippen molar-refractivity contribution in [2.75, 3.05) is 26.7 Å². The summed E-state index contributed by atoms with van der Waals surface area (Å²) in [6.07, 6.45) is 4.41. The van der Waals surface area contributed by atoms with Crippen molar-refractivity contribution in [1.82, 2.24) is 20.6 Å². The summed E-state index contributed by atoms with van der Waals surface area (Å²) in [5, 5.41) is 5.85. The van der Waals surface area contributed by atoms with Crippen molar-refractivity contribution in [2.45, 2.75) is 18.9 Å². The van der Waals surface area contributed by atoms with Crippen LogP contribution >= 0.6 is 0 Å². The molecule has 1 aromatic heterocycles. The molecule has 1 aliphatic rings. The summed E-state index contributed by atoms with van der Waals surface area (Å²) in [7, 11) is 1.63. The normalized spacial score (nSPS) is 19.5. The number of aromatic nitrogens is 2. The van der Waals surface area contributed by atoms with E-state index in [2.05, 4.69) is 20.6 Å². The van der Waals surface area contributed by atoms with Crippen molar-refractivity contribution in [3.63, 3.8) is 0 Å². The molecule has 0 spiro atoms. The first-order valence-corrected chi connectivity index (χ1v) is 6.13. The molecule has 0 unspecified atom stereocenters. The first-order valence-electron chi connectivity index (χ1n) is 6.13. The van der Waals surface area contributed by atoms with Gasteiger partial charge in [0.2, 0.25) is 5.91 Å². The van der Waals surface area contributed by atoms with E-state index in [9.17, 15) is 4.79 Å². The quantitative estimate of drug-likeness (QED) is 0.775. The molecule has 0 radical (unpaired) electrons. The third kappa shape index (κ3) is 3.48. The second kappa shape index (κ2) is 6.42. The minimum Gasteiger partial charge on any atom is -0.369 e. The monoisotopic (exact) mass is 250 g/mol. The van der Waals surface area contributed by atoms with Gasteiger partial charge in [-0.3, -0.25) is 14.8 Å². The van der Waals surface area contributed by atoms with E-state index in [0.29, 0.717) is 19.4 Å². The Labute approximate surface area is 106 Å². The zero-order chi connectivity index (χ0) is 12.8. The third-order valence-electron chi connectivity index (χ3n) is 2.85. The molecule has 1 fully saturated rings. The van der Waals surface area contributed by atoms with Gasteiger partial charge in [-0.05, 0) is 6.42 Å². The summed E-state index contributed by atoms with van der Waals surface area (Å²) in [4.78, 5) is 19.8. The fourth-order valence-electron chi connectivity index (χ4n) is 1.82. The molecule has 0 aliphatic carbocycles. The van der Waals surface area contributed by atoms with E-state index in [1.165, 1.54) is 0 Å². The lowest BCUT2D eigenvalue weighted by molar-refractivity contribution is -0.120. The first-order chi connectivity index (χ1) is 8.79. The number of morpholine rings is 1.